The third-order valence-corrected chi connectivity index (χ3v) is 4.19. The largest absolute Gasteiger partial charge is 0.493 e. The van der Waals surface area contributed by atoms with Crippen LogP contribution in [0.25, 0.3) is 10.9 Å². The Balaban J connectivity index is 1.29. The van der Waals surface area contributed by atoms with Gasteiger partial charge in [0, 0.05) is 37.3 Å². The molecule has 0 aliphatic rings. The maximum Gasteiger partial charge on any atom is 0.220 e. The van der Waals surface area contributed by atoms with Crippen molar-refractivity contribution in [2.45, 2.75) is 25.8 Å². The van der Waals surface area contributed by atoms with Crippen LogP contribution < -0.4 is 10.1 Å². The van der Waals surface area contributed by atoms with Crippen molar-refractivity contribution in [2.75, 3.05) is 13.2 Å². The van der Waals surface area contributed by atoms with Gasteiger partial charge in [0.05, 0.1) is 6.61 Å². The van der Waals surface area contributed by atoms with Gasteiger partial charge in [-0.3, -0.25) is 4.79 Å². The van der Waals surface area contributed by atoms with Crippen LogP contribution in [-0.4, -0.2) is 23.6 Å². The quantitative estimate of drug-likeness (QED) is 0.587. The predicted molar refractivity (Wildman–Crippen MR) is 101 cm³/mol. The number of carbonyl (C=O) groups excluding carboxylic acids is 1. The number of hydrogen-bond donors (Lipinski definition) is 1. The number of hydrogen-bond acceptors (Lipinski definition) is 2. The Kier molecular flexibility index (Phi) is 6.25. The summed E-state index contributed by atoms with van der Waals surface area (Å²) in [6, 6.07) is 16.4. The Morgan fingerprint density at radius 1 is 1.08 bits per heavy atom. The van der Waals surface area contributed by atoms with E-state index in [-0.39, 0.29) is 11.7 Å². The molecule has 0 aliphatic heterocycles. The molecule has 1 aromatic heterocycles. The summed E-state index contributed by atoms with van der Waals surface area (Å²) in [4.78, 5) is 11.8. The zero-order chi connectivity index (χ0) is 18.2. The summed E-state index contributed by atoms with van der Waals surface area (Å²) < 4.78 is 20.7. The minimum absolute atomic E-state index is 0.0187. The molecular weight excluding hydrogens is 331 g/mol. The smallest absolute Gasteiger partial charge is 0.220 e. The van der Waals surface area contributed by atoms with E-state index in [1.165, 1.54) is 23.0 Å². The lowest BCUT2D eigenvalue weighted by atomic mass is 10.2. The lowest BCUT2D eigenvalue weighted by Crippen LogP contribution is -2.25. The molecule has 0 bridgehead atoms. The molecule has 0 saturated carbocycles. The number of carbonyl (C=O) groups is 1. The van der Waals surface area contributed by atoms with Crippen molar-refractivity contribution < 1.29 is 13.9 Å². The fourth-order valence-electron chi connectivity index (χ4n) is 2.88. The number of nitrogens with zero attached hydrogens (tertiary/aromatic N) is 1. The van der Waals surface area contributed by atoms with Gasteiger partial charge in [-0.2, -0.15) is 0 Å². The number of halogens is 1. The number of amides is 1. The number of para-hydroxylation sites is 1. The fraction of sp³-hybridized carbons (Fsp3) is 0.286. The summed E-state index contributed by atoms with van der Waals surface area (Å²) in [5.41, 5.74) is 1.22. The second kappa shape index (κ2) is 9.04. The second-order valence-electron chi connectivity index (χ2n) is 6.18. The van der Waals surface area contributed by atoms with Crippen molar-refractivity contribution >= 4 is 16.8 Å². The summed E-state index contributed by atoms with van der Waals surface area (Å²) >= 11 is 0. The molecular formula is C21H23FN2O2. The number of nitrogens with one attached hydrogen (secondary N) is 1. The Morgan fingerprint density at radius 3 is 2.85 bits per heavy atom. The van der Waals surface area contributed by atoms with E-state index in [4.69, 9.17) is 4.74 Å². The summed E-state index contributed by atoms with van der Waals surface area (Å²) in [6.45, 7) is 1.92. The van der Waals surface area contributed by atoms with Crippen LogP contribution in [0.4, 0.5) is 4.39 Å². The Hall–Kier alpha value is -2.82. The number of fused-ring (bicyclic) bond motifs is 1. The van der Waals surface area contributed by atoms with Crippen LogP contribution >= 0.6 is 0 Å². The summed E-state index contributed by atoms with van der Waals surface area (Å²) in [6.07, 6.45) is 3.97. The molecule has 26 heavy (non-hydrogen) atoms. The van der Waals surface area contributed by atoms with Gasteiger partial charge in [0.25, 0.3) is 0 Å². The first-order valence-corrected chi connectivity index (χ1v) is 8.91. The van der Waals surface area contributed by atoms with E-state index >= 15 is 0 Å². The SMILES string of the molecule is O=C(CCCOc1cccc(F)c1)NCCCn1ccc2ccccc21. The van der Waals surface area contributed by atoms with E-state index < -0.39 is 0 Å². The minimum atomic E-state index is -0.323. The van der Waals surface area contributed by atoms with Gasteiger partial charge in [0.1, 0.15) is 11.6 Å². The first-order valence-electron chi connectivity index (χ1n) is 8.91. The van der Waals surface area contributed by atoms with E-state index in [9.17, 15) is 9.18 Å². The Labute approximate surface area is 152 Å². The second-order valence-corrected chi connectivity index (χ2v) is 6.18. The van der Waals surface area contributed by atoms with Crippen LogP contribution in [0, 0.1) is 5.82 Å². The Bertz CT molecular complexity index is 860. The number of ether oxygens (including phenoxy) is 1. The number of rotatable bonds is 9. The highest BCUT2D eigenvalue weighted by atomic mass is 19.1. The summed E-state index contributed by atoms with van der Waals surface area (Å²) in [5, 5.41) is 4.16. The molecule has 0 unspecified atom stereocenters. The molecule has 0 atom stereocenters. The van der Waals surface area contributed by atoms with Gasteiger partial charge in [-0.15, -0.1) is 0 Å². The fourth-order valence-corrected chi connectivity index (χ4v) is 2.88. The van der Waals surface area contributed by atoms with E-state index in [1.54, 1.807) is 12.1 Å². The first-order chi connectivity index (χ1) is 12.7. The van der Waals surface area contributed by atoms with Gasteiger partial charge in [-0.1, -0.05) is 24.3 Å². The van der Waals surface area contributed by atoms with E-state index in [0.717, 1.165) is 13.0 Å². The van der Waals surface area contributed by atoms with Crippen molar-refractivity contribution in [3.8, 4) is 5.75 Å². The lowest BCUT2D eigenvalue weighted by Gasteiger charge is -2.08. The van der Waals surface area contributed by atoms with Crippen LogP contribution in [-0.2, 0) is 11.3 Å². The van der Waals surface area contributed by atoms with Crippen molar-refractivity contribution in [3.63, 3.8) is 0 Å². The zero-order valence-corrected chi connectivity index (χ0v) is 14.7. The van der Waals surface area contributed by atoms with Crippen molar-refractivity contribution in [3.05, 3.63) is 66.6 Å². The highest BCUT2D eigenvalue weighted by Crippen LogP contribution is 2.15. The van der Waals surface area contributed by atoms with E-state index in [2.05, 4.69) is 34.3 Å². The van der Waals surface area contributed by atoms with Crippen LogP contribution in [0.5, 0.6) is 5.75 Å². The molecule has 1 N–H and O–H groups in total. The van der Waals surface area contributed by atoms with Gasteiger partial charge in [0.2, 0.25) is 5.91 Å². The molecule has 0 saturated heterocycles. The van der Waals surface area contributed by atoms with Gasteiger partial charge < -0.3 is 14.6 Å². The number of aryl methyl sites for hydroxylation is 1. The summed E-state index contributed by atoms with van der Waals surface area (Å²) in [5.74, 6) is 0.185. The molecule has 136 valence electrons. The monoisotopic (exact) mass is 354 g/mol. The number of benzene rings is 2. The molecule has 1 heterocycles. The molecule has 1 amide bonds. The van der Waals surface area contributed by atoms with Crippen LogP contribution in [0.2, 0.25) is 0 Å². The molecule has 0 aliphatic carbocycles. The third kappa shape index (κ3) is 5.09. The van der Waals surface area contributed by atoms with E-state index in [0.29, 0.717) is 31.7 Å². The molecule has 0 fully saturated rings. The highest BCUT2D eigenvalue weighted by molar-refractivity contribution is 5.79. The molecule has 2 aromatic carbocycles. The topological polar surface area (TPSA) is 43.3 Å². The first kappa shape index (κ1) is 18.0. The third-order valence-electron chi connectivity index (χ3n) is 4.19. The lowest BCUT2D eigenvalue weighted by molar-refractivity contribution is -0.121. The summed E-state index contributed by atoms with van der Waals surface area (Å²) in [7, 11) is 0. The van der Waals surface area contributed by atoms with Gasteiger partial charge in [0.15, 0.2) is 0 Å². The molecule has 3 rings (SSSR count). The van der Waals surface area contributed by atoms with Crippen molar-refractivity contribution in [1.29, 1.82) is 0 Å². The zero-order valence-electron chi connectivity index (χ0n) is 14.7. The highest BCUT2D eigenvalue weighted by Gasteiger charge is 2.03. The van der Waals surface area contributed by atoms with E-state index in [1.807, 2.05) is 12.1 Å². The van der Waals surface area contributed by atoms with Crippen LogP contribution in [0.3, 0.4) is 0 Å². The van der Waals surface area contributed by atoms with Crippen LogP contribution in [0.1, 0.15) is 19.3 Å². The molecule has 4 nitrogen and oxygen atoms in total. The minimum Gasteiger partial charge on any atom is -0.493 e. The van der Waals surface area contributed by atoms with Crippen molar-refractivity contribution in [1.82, 2.24) is 9.88 Å². The maximum atomic E-state index is 13.0. The van der Waals surface area contributed by atoms with Gasteiger partial charge in [-0.25, -0.2) is 4.39 Å². The molecule has 0 radical (unpaired) electrons. The standard InChI is InChI=1S/C21H23FN2O2/c22-18-7-3-8-19(16-18)26-15-4-10-21(25)23-12-5-13-24-14-11-17-6-1-2-9-20(17)24/h1-3,6-9,11,14,16H,4-5,10,12-13,15H2,(H,23,25). The van der Waals surface area contributed by atoms with Crippen LogP contribution in [0.15, 0.2) is 60.8 Å². The van der Waals surface area contributed by atoms with Crippen molar-refractivity contribution in [2.24, 2.45) is 0 Å². The van der Waals surface area contributed by atoms with Gasteiger partial charge >= 0.3 is 0 Å². The Morgan fingerprint density at radius 2 is 1.96 bits per heavy atom. The van der Waals surface area contributed by atoms with Gasteiger partial charge in [-0.05, 0) is 42.5 Å². The molecule has 3 aromatic rings. The normalized spacial score (nSPS) is 10.8. The average molecular weight is 354 g/mol. The molecule has 0 spiro atoms. The number of aromatic nitrogens is 1. The average Bonchev–Trinajstić information content (AvgIpc) is 3.06. The molecule has 5 heteroatoms. The maximum absolute atomic E-state index is 13.0. The predicted octanol–water partition coefficient (Wildman–Crippen LogP) is 4.15.